The zero-order valence-electron chi connectivity index (χ0n) is 18.4. The van der Waals surface area contributed by atoms with Gasteiger partial charge in [0.1, 0.15) is 0 Å². The minimum Gasteiger partial charge on any atom is -0.0914 e. The van der Waals surface area contributed by atoms with Crippen LogP contribution < -0.4 is 0 Å². The van der Waals surface area contributed by atoms with Crippen LogP contribution in [-0.2, 0) is 0 Å². The Labute approximate surface area is 170 Å². The average molecular weight is 371 g/mol. The van der Waals surface area contributed by atoms with Crippen LogP contribution in [0.15, 0.2) is 24.3 Å². The van der Waals surface area contributed by atoms with E-state index >= 15 is 0 Å². The van der Waals surface area contributed by atoms with Gasteiger partial charge in [-0.05, 0) is 107 Å². The van der Waals surface area contributed by atoms with Gasteiger partial charge in [0.2, 0.25) is 0 Å². The fraction of sp³-hybridized carbons (Fsp3) is 0.852. The third kappa shape index (κ3) is 6.79. The minimum absolute atomic E-state index is 0.867. The zero-order valence-corrected chi connectivity index (χ0v) is 18.4. The van der Waals surface area contributed by atoms with Crippen LogP contribution in [0.4, 0.5) is 0 Å². The van der Waals surface area contributed by atoms with Crippen LogP contribution in [0, 0.1) is 35.5 Å². The van der Waals surface area contributed by atoms with E-state index in [0.717, 1.165) is 35.5 Å². The molecule has 27 heavy (non-hydrogen) atoms. The highest BCUT2D eigenvalue weighted by molar-refractivity contribution is 4.95. The quantitative estimate of drug-likeness (QED) is 0.393. The van der Waals surface area contributed by atoms with Crippen LogP contribution in [0.5, 0.6) is 0 Å². The zero-order chi connectivity index (χ0) is 18.9. The highest BCUT2D eigenvalue weighted by Crippen LogP contribution is 2.42. The number of rotatable bonds is 7. The van der Waals surface area contributed by atoms with Crippen molar-refractivity contribution in [2.75, 3.05) is 0 Å². The molecule has 0 aromatic carbocycles. The summed E-state index contributed by atoms with van der Waals surface area (Å²) in [6.07, 6.45) is 31.9. The molecule has 0 heterocycles. The van der Waals surface area contributed by atoms with Crippen molar-refractivity contribution in [1.29, 1.82) is 0 Å². The van der Waals surface area contributed by atoms with E-state index in [2.05, 4.69) is 38.2 Å². The van der Waals surface area contributed by atoms with Crippen molar-refractivity contribution < 1.29 is 0 Å². The molecular weight excluding hydrogens is 324 g/mol. The van der Waals surface area contributed by atoms with E-state index in [1.54, 1.807) is 25.7 Å². The fourth-order valence-corrected chi connectivity index (χ4v) is 6.44. The van der Waals surface area contributed by atoms with Crippen molar-refractivity contribution in [2.45, 2.75) is 110 Å². The molecule has 0 aromatic heterocycles. The molecule has 154 valence electrons. The topological polar surface area (TPSA) is 0 Å². The maximum Gasteiger partial charge on any atom is -0.0233 e. The Morgan fingerprint density at radius 3 is 1.67 bits per heavy atom. The number of allylic oxidation sites excluding steroid dienone is 4. The highest BCUT2D eigenvalue weighted by Gasteiger charge is 2.30. The summed E-state index contributed by atoms with van der Waals surface area (Å²) in [4.78, 5) is 0. The molecule has 0 spiro atoms. The molecule has 0 radical (unpaired) electrons. The standard InChI is InChI=1S/C27H46/c1-3-7-23-10-12-24(13-11-23)8-5-6-9-25-16-20-27(21-17-25)26-18-14-22(4-2)15-19-26/h3,5,7-8,22-27H,4,6,9-21H2,1-2H3/b7-3+,8-5+. The summed E-state index contributed by atoms with van der Waals surface area (Å²) in [5, 5.41) is 0. The first-order chi connectivity index (χ1) is 13.3. The van der Waals surface area contributed by atoms with Crippen molar-refractivity contribution in [3.63, 3.8) is 0 Å². The molecule has 3 rings (SSSR count). The third-order valence-corrected chi connectivity index (χ3v) is 8.46. The Bertz CT molecular complexity index is 435. The number of hydrogen-bond acceptors (Lipinski definition) is 0. The van der Waals surface area contributed by atoms with Crippen molar-refractivity contribution in [1.82, 2.24) is 0 Å². The molecule has 0 heteroatoms. The van der Waals surface area contributed by atoms with E-state index in [1.807, 2.05) is 0 Å². The molecule has 0 aliphatic heterocycles. The van der Waals surface area contributed by atoms with Gasteiger partial charge in [-0.25, -0.2) is 0 Å². The van der Waals surface area contributed by atoms with Crippen LogP contribution >= 0.6 is 0 Å². The second-order valence-corrected chi connectivity index (χ2v) is 10.2. The molecule has 3 aliphatic carbocycles. The average Bonchev–Trinajstić information content (AvgIpc) is 2.73. The Morgan fingerprint density at radius 2 is 1.15 bits per heavy atom. The monoisotopic (exact) mass is 370 g/mol. The molecule has 3 fully saturated rings. The van der Waals surface area contributed by atoms with E-state index in [4.69, 9.17) is 0 Å². The molecule has 3 aliphatic rings. The van der Waals surface area contributed by atoms with Crippen molar-refractivity contribution in [3.05, 3.63) is 24.3 Å². The molecule has 0 amide bonds. The molecule has 3 saturated carbocycles. The Hall–Kier alpha value is -0.520. The molecule has 0 saturated heterocycles. The summed E-state index contributed by atoms with van der Waals surface area (Å²) in [5.41, 5.74) is 0. The first-order valence-electron chi connectivity index (χ1n) is 12.6. The largest absolute Gasteiger partial charge is 0.0914 e. The smallest absolute Gasteiger partial charge is 0.0233 e. The van der Waals surface area contributed by atoms with E-state index in [9.17, 15) is 0 Å². The lowest BCUT2D eigenvalue weighted by atomic mass is 9.68. The molecular formula is C27H46. The van der Waals surface area contributed by atoms with Gasteiger partial charge in [-0.2, -0.15) is 0 Å². The molecule has 0 N–H and O–H groups in total. The Balaban J connectivity index is 1.27. The van der Waals surface area contributed by atoms with Gasteiger partial charge in [-0.15, -0.1) is 0 Å². The van der Waals surface area contributed by atoms with Crippen molar-refractivity contribution >= 4 is 0 Å². The second kappa shape index (κ2) is 11.5. The maximum absolute atomic E-state index is 2.57. The lowest BCUT2D eigenvalue weighted by Gasteiger charge is -2.37. The van der Waals surface area contributed by atoms with Gasteiger partial charge < -0.3 is 0 Å². The van der Waals surface area contributed by atoms with Gasteiger partial charge in [0.15, 0.2) is 0 Å². The summed E-state index contributed by atoms with van der Waals surface area (Å²) < 4.78 is 0. The summed E-state index contributed by atoms with van der Waals surface area (Å²) >= 11 is 0. The molecule has 0 bridgehead atoms. The van der Waals surface area contributed by atoms with Crippen LogP contribution in [0.3, 0.4) is 0 Å². The SMILES string of the molecule is C/C=C/C1CCC(/C=C/CCC2CCC(C3CCC(CC)CC3)CC2)CC1. The van der Waals surface area contributed by atoms with Crippen molar-refractivity contribution in [2.24, 2.45) is 35.5 Å². The van der Waals surface area contributed by atoms with E-state index in [1.165, 1.54) is 70.6 Å². The van der Waals surface area contributed by atoms with Gasteiger partial charge in [0.25, 0.3) is 0 Å². The summed E-state index contributed by atoms with van der Waals surface area (Å²) in [6, 6.07) is 0. The van der Waals surface area contributed by atoms with Gasteiger partial charge in [0, 0.05) is 0 Å². The van der Waals surface area contributed by atoms with Crippen LogP contribution in [-0.4, -0.2) is 0 Å². The fourth-order valence-electron chi connectivity index (χ4n) is 6.44. The molecule has 0 aromatic rings. The third-order valence-electron chi connectivity index (χ3n) is 8.46. The van der Waals surface area contributed by atoms with Gasteiger partial charge in [-0.3, -0.25) is 0 Å². The summed E-state index contributed by atoms with van der Waals surface area (Å²) in [5.74, 6) is 6.01. The van der Waals surface area contributed by atoms with Crippen LogP contribution in [0.25, 0.3) is 0 Å². The van der Waals surface area contributed by atoms with Crippen LogP contribution in [0.2, 0.25) is 0 Å². The van der Waals surface area contributed by atoms with E-state index in [-0.39, 0.29) is 0 Å². The Kier molecular flexibility index (Phi) is 9.01. The molecule has 0 unspecified atom stereocenters. The lowest BCUT2D eigenvalue weighted by molar-refractivity contribution is 0.143. The predicted octanol–water partition coefficient (Wildman–Crippen LogP) is 8.73. The van der Waals surface area contributed by atoms with Crippen molar-refractivity contribution in [3.8, 4) is 0 Å². The van der Waals surface area contributed by atoms with Crippen LogP contribution in [0.1, 0.15) is 110 Å². The summed E-state index contributed by atoms with van der Waals surface area (Å²) in [7, 11) is 0. The predicted molar refractivity (Wildman–Crippen MR) is 120 cm³/mol. The number of hydrogen-bond donors (Lipinski definition) is 0. The van der Waals surface area contributed by atoms with Gasteiger partial charge in [0.05, 0.1) is 0 Å². The lowest BCUT2D eigenvalue weighted by Crippen LogP contribution is -2.25. The minimum atomic E-state index is 0.867. The first-order valence-corrected chi connectivity index (χ1v) is 12.6. The van der Waals surface area contributed by atoms with E-state index in [0.29, 0.717) is 0 Å². The molecule has 0 atom stereocenters. The second-order valence-electron chi connectivity index (χ2n) is 10.2. The van der Waals surface area contributed by atoms with Gasteiger partial charge >= 0.3 is 0 Å². The highest BCUT2D eigenvalue weighted by atomic mass is 14.4. The normalized spacial score (nSPS) is 38.6. The summed E-state index contributed by atoms with van der Waals surface area (Å²) in [6.45, 7) is 4.55. The first kappa shape index (κ1) is 21.2. The van der Waals surface area contributed by atoms with Gasteiger partial charge in [-0.1, -0.05) is 63.3 Å². The van der Waals surface area contributed by atoms with E-state index < -0.39 is 0 Å². The maximum atomic E-state index is 2.57. The Morgan fingerprint density at radius 1 is 0.630 bits per heavy atom. The molecule has 0 nitrogen and oxygen atoms in total.